The molecule has 9 heteroatoms. The summed E-state index contributed by atoms with van der Waals surface area (Å²) in [6.45, 7) is 6.93. The van der Waals surface area contributed by atoms with Gasteiger partial charge in [-0.05, 0) is 25.8 Å². The van der Waals surface area contributed by atoms with Crippen molar-refractivity contribution in [3.05, 3.63) is 65.1 Å². The molecule has 6 nitrogen and oxygen atoms in total. The van der Waals surface area contributed by atoms with Crippen LogP contribution in [0, 0.1) is 5.82 Å². The molecule has 0 saturated carbocycles. The molecule has 0 radical (unpaired) electrons. The third kappa shape index (κ3) is 4.33. The van der Waals surface area contributed by atoms with E-state index in [9.17, 15) is 4.39 Å². The van der Waals surface area contributed by atoms with Crippen molar-refractivity contribution in [1.29, 1.82) is 0 Å². The van der Waals surface area contributed by atoms with Gasteiger partial charge in [-0.2, -0.15) is 0 Å². The number of thioether (sulfide) groups is 1. The average Bonchev–Trinajstić information content (AvgIpc) is 3.04. The van der Waals surface area contributed by atoms with Crippen molar-refractivity contribution in [3.8, 4) is 5.75 Å². The van der Waals surface area contributed by atoms with E-state index in [1.54, 1.807) is 19.2 Å². The van der Waals surface area contributed by atoms with Gasteiger partial charge in [0.05, 0.1) is 22.2 Å². The van der Waals surface area contributed by atoms with Gasteiger partial charge in [0, 0.05) is 37.7 Å². The smallest absolute Gasteiger partial charge is 0.174 e. The van der Waals surface area contributed by atoms with E-state index in [-0.39, 0.29) is 16.8 Å². The van der Waals surface area contributed by atoms with Gasteiger partial charge < -0.3 is 15.4 Å². The lowest BCUT2D eigenvalue weighted by Crippen LogP contribution is -2.51. The Labute approximate surface area is 190 Å². The van der Waals surface area contributed by atoms with Crippen LogP contribution < -0.4 is 10.5 Å². The van der Waals surface area contributed by atoms with E-state index < -0.39 is 5.82 Å². The zero-order valence-corrected chi connectivity index (χ0v) is 18.7. The van der Waals surface area contributed by atoms with Gasteiger partial charge in [0.2, 0.25) is 0 Å². The van der Waals surface area contributed by atoms with Gasteiger partial charge in [0.15, 0.2) is 11.0 Å². The second-order valence-electron chi connectivity index (χ2n) is 7.48. The standard InChI is InChI=1S/C22H23ClFN5OS/c1-14(31-17-7-10-27-21(23)19(17)24)28-13-18(26-2)29-11-8-22(9-12-29)20(25)15-5-3-4-6-16(15)30-22/h3-7,10,13,20H,2,8-9,11-12,25H2,1H3/b18-13+,28-14?/t20-/m1/s1. The third-order valence-corrected chi connectivity index (χ3v) is 6.86. The molecule has 2 N–H and O–H groups in total. The minimum absolute atomic E-state index is 0.145. The van der Waals surface area contributed by atoms with Crippen molar-refractivity contribution in [2.45, 2.75) is 36.3 Å². The maximum atomic E-state index is 14.0. The van der Waals surface area contributed by atoms with Crippen molar-refractivity contribution >= 4 is 35.1 Å². The molecule has 1 atom stereocenters. The highest BCUT2D eigenvalue weighted by molar-refractivity contribution is 8.13. The number of hydrogen-bond donors (Lipinski definition) is 1. The van der Waals surface area contributed by atoms with Crippen molar-refractivity contribution < 1.29 is 9.13 Å². The molecule has 1 aromatic heterocycles. The Hall–Kier alpha value is -2.42. The number of pyridine rings is 1. The summed E-state index contributed by atoms with van der Waals surface area (Å²) in [4.78, 5) is 14.8. The minimum Gasteiger partial charge on any atom is -0.485 e. The second kappa shape index (κ2) is 8.98. The van der Waals surface area contributed by atoms with Crippen LogP contribution >= 0.6 is 23.4 Å². The molecule has 0 unspecified atom stereocenters. The third-order valence-electron chi connectivity index (χ3n) is 5.66. The Morgan fingerprint density at radius 2 is 2.13 bits per heavy atom. The number of rotatable bonds is 4. The van der Waals surface area contributed by atoms with Crippen LogP contribution in [0.2, 0.25) is 5.15 Å². The monoisotopic (exact) mass is 459 g/mol. The zero-order valence-electron chi connectivity index (χ0n) is 17.1. The molecule has 4 rings (SSSR count). The van der Waals surface area contributed by atoms with Crippen LogP contribution in [0.25, 0.3) is 0 Å². The summed E-state index contributed by atoms with van der Waals surface area (Å²) < 4.78 is 20.3. The lowest BCUT2D eigenvalue weighted by molar-refractivity contribution is 0.00918. The van der Waals surface area contributed by atoms with Crippen LogP contribution in [0.15, 0.2) is 63.4 Å². The quantitative estimate of drug-likeness (QED) is 0.307. The van der Waals surface area contributed by atoms with E-state index in [1.807, 2.05) is 24.3 Å². The fourth-order valence-corrected chi connectivity index (χ4v) is 4.91. The van der Waals surface area contributed by atoms with Crippen molar-refractivity contribution in [3.63, 3.8) is 0 Å². The summed E-state index contributed by atoms with van der Waals surface area (Å²) in [7, 11) is 0. The van der Waals surface area contributed by atoms with Gasteiger partial charge in [-0.3, -0.25) is 4.99 Å². The van der Waals surface area contributed by atoms with Crippen LogP contribution in [0.1, 0.15) is 31.4 Å². The first kappa shape index (κ1) is 21.8. The molecule has 162 valence electrons. The second-order valence-corrected chi connectivity index (χ2v) is 9.07. The van der Waals surface area contributed by atoms with Crippen LogP contribution in [0.5, 0.6) is 5.75 Å². The lowest BCUT2D eigenvalue weighted by Gasteiger charge is -2.41. The molecule has 0 bridgehead atoms. The van der Waals surface area contributed by atoms with Crippen molar-refractivity contribution in [2.75, 3.05) is 13.1 Å². The number of fused-ring (bicyclic) bond motifs is 1. The predicted octanol–water partition coefficient (Wildman–Crippen LogP) is 4.81. The first-order chi connectivity index (χ1) is 14.9. The molecule has 31 heavy (non-hydrogen) atoms. The highest BCUT2D eigenvalue weighted by atomic mass is 35.5. The number of aromatic nitrogens is 1. The van der Waals surface area contributed by atoms with E-state index >= 15 is 0 Å². The number of hydrogen-bond acceptors (Lipinski definition) is 7. The minimum atomic E-state index is -0.551. The molecule has 0 aliphatic carbocycles. The predicted molar refractivity (Wildman–Crippen MR) is 123 cm³/mol. The first-order valence-electron chi connectivity index (χ1n) is 9.91. The van der Waals surface area contributed by atoms with Crippen LogP contribution in [-0.2, 0) is 0 Å². The number of ether oxygens (including phenoxy) is 1. The van der Waals surface area contributed by atoms with Gasteiger partial charge in [-0.1, -0.05) is 41.6 Å². The number of nitrogens with zero attached hydrogens (tertiary/aromatic N) is 4. The van der Waals surface area contributed by atoms with E-state index in [0.717, 1.165) is 37.2 Å². The molecule has 1 aromatic carbocycles. The first-order valence-corrected chi connectivity index (χ1v) is 11.1. The number of aliphatic imine (C=N–C) groups is 2. The van der Waals surface area contributed by atoms with Crippen molar-refractivity contribution in [2.24, 2.45) is 15.7 Å². The number of nitrogens with two attached hydrogens (primary N) is 1. The van der Waals surface area contributed by atoms with Crippen LogP contribution in [0.4, 0.5) is 4.39 Å². The zero-order chi connectivity index (χ0) is 22.0. The molecular weight excluding hydrogens is 437 g/mol. The number of likely N-dealkylation sites (tertiary alicyclic amines) is 1. The molecule has 2 aliphatic heterocycles. The highest BCUT2D eigenvalue weighted by Gasteiger charge is 2.48. The normalized spacial score (nSPS) is 20.5. The average molecular weight is 460 g/mol. The number of piperidine rings is 1. The van der Waals surface area contributed by atoms with E-state index in [4.69, 9.17) is 22.1 Å². The maximum absolute atomic E-state index is 14.0. The lowest BCUT2D eigenvalue weighted by atomic mass is 9.83. The van der Waals surface area contributed by atoms with E-state index in [1.165, 1.54) is 18.0 Å². The highest BCUT2D eigenvalue weighted by Crippen LogP contribution is 2.47. The molecule has 2 aromatic rings. The SMILES string of the molecule is C=N/C(=C\N=C(C)Sc1ccnc(Cl)c1F)N1CCC2(CC1)Oc1ccccc1[C@H]2N. The van der Waals surface area contributed by atoms with Crippen LogP contribution in [-0.4, -0.2) is 40.3 Å². The number of halogens is 2. The number of para-hydroxylation sites is 1. The van der Waals surface area contributed by atoms with Crippen LogP contribution in [0.3, 0.4) is 0 Å². The molecule has 2 aliphatic rings. The Bertz CT molecular complexity index is 1050. The molecule has 1 saturated heterocycles. The van der Waals surface area contributed by atoms with E-state index in [0.29, 0.717) is 15.8 Å². The Morgan fingerprint density at radius 1 is 1.39 bits per heavy atom. The summed E-state index contributed by atoms with van der Waals surface area (Å²) in [6, 6.07) is 9.38. The van der Waals surface area contributed by atoms with Gasteiger partial charge >= 0.3 is 0 Å². The summed E-state index contributed by atoms with van der Waals surface area (Å²) in [5, 5.41) is 0.492. The topological polar surface area (TPSA) is 76.1 Å². The summed E-state index contributed by atoms with van der Waals surface area (Å²) in [5.41, 5.74) is 7.22. The number of benzene rings is 1. The molecular formula is C22H23ClFN5OS. The summed E-state index contributed by atoms with van der Waals surface area (Å²) >= 11 is 6.92. The molecule has 0 amide bonds. The summed E-state index contributed by atoms with van der Waals surface area (Å²) in [5.74, 6) is 0.985. The molecule has 3 heterocycles. The van der Waals surface area contributed by atoms with Gasteiger partial charge in [-0.25, -0.2) is 14.4 Å². The van der Waals surface area contributed by atoms with Gasteiger partial charge in [-0.15, -0.1) is 0 Å². The molecule has 1 spiro atoms. The van der Waals surface area contributed by atoms with Crippen molar-refractivity contribution in [1.82, 2.24) is 9.88 Å². The fourth-order valence-electron chi connectivity index (χ4n) is 3.96. The Morgan fingerprint density at radius 3 is 2.84 bits per heavy atom. The molecule has 1 fully saturated rings. The van der Waals surface area contributed by atoms with E-state index in [2.05, 4.69) is 26.6 Å². The summed E-state index contributed by atoms with van der Waals surface area (Å²) in [6.07, 6.45) is 4.66. The Balaban J connectivity index is 1.42. The largest absolute Gasteiger partial charge is 0.485 e. The fraction of sp³-hybridized carbons (Fsp3) is 0.318. The van der Waals surface area contributed by atoms with Gasteiger partial charge in [0.25, 0.3) is 0 Å². The van der Waals surface area contributed by atoms with Gasteiger partial charge in [0.1, 0.15) is 17.2 Å². The maximum Gasteiger partial charge on any atom is 0.174 e. The Kier molecular flexibility index (Phi) is 6.31.